The summed E-state index contributed by atoms with van der Waals surface area (Å²) in [5, 5.41) is 8.22. The van der Waals surface area contributed by atoms with Crippen LogP contribution in [-0.2, 0) is 4.74 Å². The van der Waals surface area contributed by atoms with E-state index >= 15 is 0 Å². The van der Waals surface area contributed by atoms with E-state index in [0.717, 1.165) is 12.1 Å². The lowest BCUT2D eigenvalue weighted by Gasteiger charge is -2.15. The van der Waals surface area contributed by atoms with Crippen LogP contribution in [-0.4, -0.2) is 42.8 Å². The summed E-state index contributed by atoms with van der Waals surface area (Å²) in [7, 11) is 0. The summed E-state index contributed by atoms with van der Waals surface area (Å²) >= 11 is 11.3. The Morgan fingerprint density at radius 3 is 1.65 bits per heavy atom. The van der Waals surface area contributed by atoms with Gasteiger partial charge in [0.2, 0.25) is 10.9 Å². The van der Waals surface area contributed by atoms with Crippen LogP contribution in [0.3, 0.4) is 0 Å². The first-order chi connectivity index (χ1) is 18.7. The predicted octanol–water partition coefficient (Wildman–Crippen LogP) is 5.41. The van der Waals surface area contributed by atoms with Gasteiger partial charge in [0.25, 0.3) is 0 Å². The molecule has 212 valence electrons. The molecule has 0 radical (unpaired) electrons. The van der Waals surface area contributed by atoms with Crippen molar-refractivity contribution in [1.29, 1.82) is 0 Å². The summed E-state index contributed by atoms with van der Waals surface area (Å²) in [6, 6.07) is 1.65. The third kappa shape index (κ3) is 5.97. The fourth-order valence-electron chi connectivity index (χ4n) is 3.74. The summed E-state index contributed by atoms with van der Waals surface area (Å²) in [5.41, 5.74) is -1.58. The van der Waals surface area contributed by atoms with Gasteiger partial charge in [0, 0.05) is 24.5 Å². The summed E-state index contributed by atoms with van der Waals surface area (Å²) in [6.07, 6.45) is 2.56. The van der Waals surface area contributed by atoms with E-state index < -0.39 is 40.0 Å². The first-order valence-electron chi connectivity index (χ1n) is 11.9. The quantitative estimate of drug-likeness (QED) is 0.238. The number of carboxylic acid groups (broad SMARTS) is 1. The number of carbonyl (C=O) groups excluding carboxylic acids is 1. The van der Waals surface area contributed by atoms with Crippen LogP contribution >= 0.6 is 23.2 Å². The second kappa shape index (κ2) is 12.1. The molecule has 0 saturated heterocycles. The lowest BCUT2D eigenvalue weighted by molar-refractivity contribution is 0.0523. The zero-order valence-corrected chi connectivity index (χ0v) is 23.5. The molecule has 0 spiro atoms. The van der Waals surface area contributed by atoms with Crippen LogP contribution in [0.5, 0.6) is 0 Å². The van der Waals surface area contributed by atoms with Gasteiger partial charge in [-0.25, -0.2) is 28.3 Å². The van der Waals surface area contributed by atoms with Crippen LogP contribution in [0, 0.1) is 11.6 Å². The molecule has 0 saturated carbocycles. The van der Waals surface area contributed by atoms with Crippen molar-refractivity contribution in [3.8, 4) is 0 Å². The van der Waals surface area contributed by atoms with Gasteiger partial charge in [-0.2, -0.15) is 0 Å². The van der Waals surface area contributed by atoms with E-state index in [0.29, 0.717) is 0 Å². The van der Waals surface area contributed by atoms with Gasteiger partial charge >= 0.3 is 11.9 Å². The van der Waals surface area contributed by atoms with Gasteiger partial charge in [0.15, 0.2) is 21.9 Å². The SMILES string of the molecule is CC(C)n1cc(C(=O)O)c(=O)c2cc(F)c(Cl)nc21.CCOC(=O)c1cn(C(C)C)c2nc(Cl)c(F)cc2c1=O. The van der Waals surface area contributed by atoms with Gasteiger partial charge in [-0.15, -0.1) is 0 Å². The second-order valence-corrected chi connectivity index (χ2v) is 9.75. The molecule has 10 nitrogen and oxygen atoms in total. The van der Waals surface area contributed by atoms with Crippen molar-refractivity contribution in [2.75, 3.05) is 6.61 Å². The van der Waals surface area contributed by atoms with Gasteiger partial charge in [-0.3, -0.25) is 9.59 Å². The molecule has 0 bridgehead atoms. The Morgan fingerprint density at radius 2 is 1.27 bits per heavy atom. The van der Waals surface area contributed by atoms with E-state index in [4.69, 9.17) is 33.0 Å². The molecule has 4 aromatic heterocycles. The van der Waals surface area contributed by atoms with E-state index in [1.165, 1.54) is 17.0 Å². The maximum absolute atomic E-state index is 13.6. The van der Waals surface area contributed by atoms with Crippen LogP contribution in [0.15, 0.2) is 34.1 Å². The number of pyridine rings is 4. The number of carbonyl (C=O) groups is 2. The highest BCUT2D eigenvalue weighted by atomic mass is 35.5. The molecule has 0 amide bonds. The van der Waals surface area contributed by atoms with Crippen molar-refractivity contribution >= 4 is 57.2 Å². The van der Waals surface area contributed by atoms with Crippen LogP contribution in [0.2, 0.25) is 10.3 Å². The highest BCUT2D eigenvalue weighted by molar-refractivity contribution is 6.30. The lowest BCUT2D eigenvalue weighted by atomic mass is 10.1. The van der Waals surface area contributed by atoms with E-state index in [2.05, 4.69) is 9.97 Å². The number of halogens is 4. The number of ether oxygens (including phenoxy) is 1. The molecule has 4 rings (SSSR count). The fourth-order valence-corrected chi connectivity index (χ4v) is 4.01. The van der Waals surface area contributed by atoms with Crippen molar-refractivity contribution in [2.45, 2.75) is 46.7 Å². The number of esters is 1. The molecular formula is C26H24Cl2F2N4O6. The summed E-state index contributed by atoms with van der Waals surface area (Å²) < 4.78 is 34.9. The number of aromatic carboxylic acids is 1. The minimum atomic E-state index is -1.36. The van der Waals surface area contributed by atoms with Crippen molar-refractivity contribution in [2.24, 2.45) is 0 Å². The number of nitrogens with zero attached hydrogens (tertiary/aromatic N) is 4. The molecule has 0 unspecified atom stereocenters. The molecule has 4 aromatic rings. The Labute approximate surface area is 235 Å². The van der Waals surface area contributed by atoms with Gasteiger partial charge in [-0.05, 0) is 46.8 Å². The molecule has 1 N–H and O–H groups in total. The second-order valence-electron chi connectivity index (χ2n) is 9.04. The molecular weight excluding hydrogens is 573 g/mol. The zero-order chi connectivity index (χ0) is 30.0. The summed E-state index contributed by atoms with van der Waals surface area (Å²) in [6.45, 7) is 9.05. The van der Waals surface area contributed by atoms with Crippen molar-refractivity contribution in [3.63, 3.8) is 0 Å². The molecule has 40 heavy (non-hydrogen) atoms. The topological polar surface area (TPSA) is 133 Å². The smallest absolute Gasteiger partial charge is 0.343 e. The van der Waals surface area contributed by atoms with Crippen LogP contribution in [0.25, 0.3) is 22.1 Å². The number of carboxylic acids is 1. The Hall–Kier alpha value is -3.90. The standard InChI is InChI=1S/C14H14ClFN2O3.C12H10ClFN2O3/c1-4-21-14(20)9-6-18(7(2)3)13-8(11(9)19)5-10(16)12(15)17-13;1-5(2)16-4-7(12(18)19)9(17)6-3-8(14)10(13)15-11(6)16/h5-7H,4H2,1-3H3;3-5H,1-2H3,(H,18,19). The van der Waals surface area contributed by atoms with Gasteiger partial charge in [0.1, 0.15) is 22.4 Å². The third-order valence-electron chi connectivity index (χ3n) is 5.67. The van der Waals surface area contributed by atoms with Crippen LogP contribution in [0.4, 0.5) is 8.78 Å². The first-order valence-corrected chi connectivity index (χ1v) is 12.7. The molecule has 4 heterocycles. The number of hydrogen-bond donors (Lipinski definition) is 1. The average Bonchev–Trinajstić information content (AvgIpc) is 2.87. The maximum atomic E-state index is 13.6. The minimum absolute atomic E-state index is 0.00356. The Balaban J connectivity index is 0.000000222. The van der Waals surface area contributed by atoms with E-state index in [1.54, 1.807) is 25.3 Å². The number of hydrogen-bond acceptors (Lipinski definition) is 7. The molecule has 0 aliphatic rings. The van der Waals surface area contributed by atoms with Crippen LogP contribution < -0.4 is 10.9 Å². The fraction of sp³-hybridized carbons (Fsp3) is 0.308. The number of fused-ring (bicyclic) bond motifs is 2. The molecule has 14 heteroatoms. The molecule has 0 aliphatic carbocycles. The molecule has 0 aliphatic heterocycles. The normalized spacial score (nSPS) is 11.2. The predicted molar refractivity (Wildman–Crippen MR) is 146 cm³/mol. The largest absolute Gasteiger partial charge is 0.477 e. The lowest BCUT2D eigenvalue weighted by Crippen LogP contribution is -2.22. The highest BCUT2D eigenvalue weighted by Crippen LogP contribution is 2.22. The first kappa shape index (κ1) is 30.6. The molecule has 0 aromatic carbocycles. The average molecular weight is 597 g/mol. The van der Waals surface area contributed by atoms with Crippen molar-refractivity contribution in [1.82, 2.24) is 19.1 Å². The van der Waals surface area contributed by atoms with Crippen molar-refractivity contribution < 1.29 is 28.2 Å². The zero-order valence-electron chi connectivity index (χ0n) is 22.0. The van der Waals surface area contributed by atoms with Crippen LogP contribution in [0.1, 0.15) is 67.4 Å². The van der Waals surface area contributed by atoms with Gasteiger partial charge in [0.05, 0.1) is 17.4 Å². The Kier molecular flexibility index (Phi) is 9.26. The van der Waals surface area contributed by atoms with Crippen molar-refractivity contribution in [3.05, 3.63) is 78.0 Å². The molecule has 0 fully saturated rings. The van der Waals surface area contributed by atoms with E-state index in [9.17, 15) is 28.0 Å². The van der Waals surface area contributed by atoms with E-state index in [1.807, 2.05) is 13.8 Å². The number of aromatic nitrogens is 4. The van der Waals surface area contributed by atoms with Gasteiger partial charge < -0.3 is 19.0 Å². The Bertz CT molecular complexity index is 1770. The third-order valence-corrected chi connectivity index (χ3v) is 6.20. The molecule has 0 atom stereocenters. The minimum Gasteiger partial charge on any atom is -0.477 e. The summed E-state index contributed by atoms with van der Waals surface area (Å²) in [5.74, 6) is -3.77. The Morgan fingerprint density at radius 1 is 0.875 bits per heavy atom. The summed E-state index contributed by atoms with van der Waals surface area (Å²) in [4.78, 5) is 54.9. The number of rotatable bonds is 5. The monoisotopic (exact) mass is 596 g/mol. The highest BCUT2D eigenvalue weighted by Gasteiger charge is 2.20. The van der Waals surface area contributed by atoms with Gasteiger partial charge in [-0.1, -0.05) is 23.2 Å². The van der Waals surface area contributed by atoms with E-state index in [-0.39, 0.29) is 56.6 Å². The maximum Gasteiger partial charge on any atom is 0.343 e.